The zero-order valence-corrected chi connectivity index (χ0v) is 13.5. The maximum Gasteiger partial charge on any atom is 0.319 e. The van der Waals surface area contributed by atoms with E-state index in [9.17, 15) is 9.18 Å². The first kappa shape index (κ1) is 17.9. The molecule has 0 aliphatic heterocycles. The van der Waals surface area contributed by atoms with Gasteiger partial charge >= 0.3 is 6.03 Å². The minimum atomic E-state index is -0.322. The maximum absolute atomic E-state index is 12.8. The first-order chi connectivity index (χ1) is 11.7. The van der Waals surface area contributed by atoms with Crippen molar-refractivity contribution in [1.29, 1.82) is 0 Å². The van der Waals surface area contributed by atoms with Crippen LogP contribution >= 0.6 is 0 Å². The molecule has 0 radical (unpaired) electrons. The summed E-state index contributed by atoms with van der Waals surface area (Å²) in [6.45, 7) is 1.85. The van der Waals surface area contributed by atoms with E-state index in [0.29, 0.717) is 32.1 Å². The standard InChI is InChI=1S/C18H21FN2O3/c1-23-9-10-24-13-15-3-2-4-17(11-15)21-18(22)20-12-14-5-7-16(19)8-6-14/h2-8,11H,9-10,12-13H2,1H3,(H2,20,21,22). The molecule has 0 saturated heterocycles. The molecule has 0 aliphatic rings. The van der Waals surface area contributed by atoms with Crippen molar-refractivity contribution in [2.45, 2.75) is 13.2 Å². The number of methoxy groups -OCH3 is 1. The Morgan fingerprint density at radius 2 is 1.88 bits per heavy atom. The summed E-state index contributed by atoms with van der Waals surface area (Å²) in [5.41, 5.74) is 2.47. The highest BCUT2D eigenvalue weighted by Crippen LogP contribution is 2.11. The number of carbonyl (C=O) groups is 1. The maximum atomic E-state index is 12.8. The number of benzene rings is 2. The van der Waals surface area contributed by atoms with Crippen LogP contribution < -0.4 is 10.6 Å². The Bertz CT molecular complexity index is 647. The second-order valence-electron chi connectivity index (χ2n) is 5.18. The summed E-state index contributed by atoms with van der Waals surface area (Å²) < 4.78 is 23.2. The van der Waals surface area contributed by atoms with Crippen LogP contribution in [0.25, 0.3) is 0 Å². The molecule has 0 saturated carbocycles. The highest BCUT2D eigenvalue weighted by Gasteiger charge is 2.03. The number of hydrogen-bond acceptors (Lipinski definition) is 3. The fourth-order valence-corrected chi connectivity index (χ4v) is 2.03. The summed E-state index contributed by atoms with van der Waals surface area (Å²) in [5.74, 6) is -0.298. The molecule has 0 fully saturated rings. The van der Waals surface area contributed by atoms with E-state index in [1.807, 2.05) is 18.2 Å². The minimum Gasteiger partial charge on any atom is -0.382 e. The van der Waals surface area contributed by atoms with Gasteiger partial charge in [-0.3, -0.25) is 0 Å². The lowest BCUT2D eigenvalue weighted by atomic mass is 10.2. The molecule has 0 unspecified atom stereocenters. The highest BCUT2D eigenvalue weighted by molar-refractivity contribution is 5.89. The molecule has 0 atom stereocenters. The fourth-order valence-electron chi connectivity index (χ4n) is 2.03. The van der Waals surface area contributed by atoms with E-state index in [2.05, 4.69) is 10.6 Å². The lowest BCUT2D eigenvalue weighted by Crippen LogP contribution is -2.28. The predicted molar refractivity (Wildman–Crippen MR) is 90.2 cm³/mol. The third-order valence-corrected chi connectivity index (χ3v) is 3.25. The molecule has 0 heterocycles. The Labute approximate surface area is 140 Å². The van der Waals surface area contributed by atoms with Gasteiger partial charge in [0.1, 0.15) is 5.82 Å². The molecule has 0 bridgehead atoms. The van der Waals surface area contributed by atoms with Crippen LogP contribution in [0.3, 0.4) is 0 Å². The van der Waals surface area contributed by atoms with Crippen molar-refractivity contribution in [3.63, 3.8) is 0 Å². The summed E-state index contributed by atoms with van der Waals surface area (Å²) in [7, 11) is 1.62. The molecule has 2 aromatic rings. The average Bonchev–Trinajstić information content (AvgIpc) is 2.59. The number of amides is 2. The Balaban J connectivity index is 1.79. The van der Waals surface area contributed by atoms with Crippen molar-refractivity contribution in [2.75, 3.05) is 25.6 Å². The number of nitrogens with one attached hydrogen (secondary N) is 2. The van der Waals surface area contributed by atoms with E-state index in [1.165, 1.54) is 12.1 Å². The van der Waals surface area contributed by atoms with Gasteiger partial charge in [0.05, 0.1) is 19.8 Å². The second-order valence-corrected chi connectivity index (χ2v) is 5.18. The summed E-state index contributed by atoms with van der Waals surface area (Å²) in [6, 6.07) is 13.1. The van der Waals surface area contributed by atoms with Gasteiger partial charge in [0.25, 0.3) is 0 Å². The van der Waals surface area contributed by atoms with E-state index >= 15 is 0 Å². The Kier molecular flexibility index (Phi) is 7.20. The van der Waals surface area contributed by atoms with Gasteiger partial charge in [-0.15, -0.1) is 0 Å². The van der Waals surface area contributed by atoms with Crippen molar-refractivity contribution in [3.8, 4) is 0 Å². The second kappa shape index (κ2) is 9.64. The van der Waals surface area contributed by atoms with E-state index in [0.717, 1.165) is 11.1 Å². The Morgan fingerprint density at radius 3 is 2.62 bits per heavy atom. The van der Waals surface area contributed by atoms with E-state index in [1.54, 1.807) is 25.3 Å². The van der Waals surface area contributed by atoms with Crippen LogP contribution in [0.5, 0.6) is 0 Å². The van der Waals surface area contributed by atoms with Gasteiger partial charge in [-0.2, -0.15) is 0 Å². The van der Waals surface area contributed by atoms with Crippen molar-refractivity contribution >= 4 is 11.7 Å². The largest absolute Gasteiger partial charge is 0.382 e. The number of halogens is 1. The van der Waals surface area contributed by atoms with Crippen molar-refractivity contribution in [1.82, 2.24) is 5.32 Å². The van der Waals surface area contributed by atoms with Crippen LogP contribution in [-0.2, 0) is 22.6 Å². The fraction of sp³-hybridized carbons (Fsp3) is 0.278. The summed E-state index contributed by atoms with van der Waals surface area (Å²) in [5, 5.41) is 5.49. The normalized spacial score (nSPS) is 10.4. The van der Waals surface area contributed by atoms with Crippen LogP contribution in [-0.4, -0.2) is 26.4 Å². The average molecular weight is 332 g/mol. The first-order valence-corrected chi connectivity index (χ1v) is 7.62. The van der Waals surface area contributed by atoms with Crippen LogP contribution in [0.15, 0.2) is 48.5 Å². The van der Waals surface area contributed by atoms with Gasteiger partial charge < -0.3 is 20.1 Å². The van der Waals surface area contributed by atoms with E-state index in [4.69, 9.17) is 9.47 Å². The lowest BCUT2D eigenvalue weighted by molar-refractivity contribution is 0.0617. The molecule has 2 aromatic carbocycles. The molecule has 24 heavy (non-hydrogen) atoms. The van der Waals surface area contributed by atoms with Gasteiger partial charge in [0.15, 0.2) is 0 Å². The quantitative estimate of drug-likeness (QED) is 0.729. The van der Waals surface area contributed by atoms with E-state index < -0.39 is 0 Å². The molecule has 0 aliphatic carbocycles. The summed E-state index contributed by atoms with van der Waals surface area (Å²) in [6.07, 6.45) is 0. The van der Waals surface area contributed by atoms with Gasteiger partial charge in [0.2, 0.25) is 0 Å². The topological polar surface area (TPSA) is 59.6 Å². The number of anilines is 1. The number of hydrogen-bond donors (Lipinski definition) is 2. The molecular weight excluding hydrogens is 311 g/mol. The van der Waals surface area contributed by atoms with Crippen LogP contribution in [0.4, 0.5) is 14.9 Å². The molecular formula is C18H21FN2O3. The predicted octanol–water partition coefficient (Wildman–Crippen LogP) is 3.31. The van der Waals surface area contributed by atoms with Crippen LogP contribution in [0.1, 0.15) is 11.1 Å². The first-order valence-electron chi connectivity index (χ1n) is 7.62. The molecule has 2 N–H and O–H groups in total. The summed E-state index contributed by atoms with van der Waals surface area (Å²) in [4.78, 5) is 11.9. The smallest absolute Gasteiger partial charge is 0.319 e. The number of ether oxygens (including phenoxy) is 2. The molecule has 5 nitrogen and oxygen atoms in total. The molecule has 2 amide bonds. The zero-order chi connectivity index (χ0) is 17.2. The van der Waals surface area contributed by atoms with Gasteiger partial charge in [0, 0.05) is 19.3 Å². The van der Waals surface area contributed by atoms with Gasteiger partial charge in [-0.05, 0) is 35.4 Å². The lowest BCUT2D eigenvalue weighted by Gasteiger charge is -2.09. The van der Waals surface area contributed by atoms with Crippen LogP contribution in [0.2, 0.25) is 0 Å². The Morgan fingerprint density at radius 1 is 1.08 bits per heavy atom. The minimum absolute atomic E-state index is 0.298. The SMILES string of the molecule is COCCOCc1cccc(NC(=O)NCc2ccc(F)cc2)c1. The number of carbonyl (C=O) groups excluding carboxylic acids is 1. The molecule has 128 valence electrons. The van der Waals surface area contributed by atoms with Gasteiger partial charge in [-0.1, -0.05) is 24.3 Å². The zero-order valence-electron chi connectivity index (χ0n) is 13.5. The molecule has 6 heteroatoms. The number of urea groups is 1. The van der Waals surface area contributed by atoms with Gasteiger partial charge in [-0.25, -0.2) is 9.18 Å². The van der Waals surface area contributed by atoms with E-state index in [-0.39, 0.29) is 11.8 Å². The third-order valence-electron chi connectivity index (χ3n) is 3.25. The van der Waals surface area contributed by atoms with Crippen molar-refractivity contribution in [3.05, 3.63) is 65.5 Å². The van der Waals surface area contributed by atoms with Crippen LogP contribution in [0, 0.1) is 5.82 Å². The molecule has 2 rings (SSSR count). The third kappa shape index (κ3) is 6.36. The molecule has 0 spiro atoms. The monoisotopic (exact) mass is 332 g/mol. The highest BCUT2D eigenvalue weighted by atomic mass is 19.1. The summed E-state index contributed by atoms with van der Waals surface area (Å²) >= 11 is 0. The van der Waals surface area contributed by atoms with Crippen molar-refractivity contribution < 1.29 is 18.7 Å². The van der Waals surface area contributed by atoms with Crippen molar-refractivity contribution in [2.24, 2.45) is 0 Å². The Hall–Kier alpha value is -2.44. The molecule has 0 aromatic heterocycles. The number of rotatable bonds is 8.